The number of carbonyl (C=O) groups is 2. The van der Waals surface area contributed by atoms with Gasteiger partial charge >= 0.3 is 0 Å². The second-order valence-corrected chi connectivity index (χ2v) is 4.10. The van der Waals surface area contributed by atoms with Gasteiger partial charge in [-0.25, -0.2) is 0 Å². The largest absolute Gasteiger partial charge is 0.493 e. The van der Waals surface area contributed by atoms with Crippen molar-refractivity contribution in [3.05, 3.63) is 23.8 Å². The number of nitrogens with one attached hydrogen (secondary N) is 2. The lowest BCUT2D eigenvalue weighted by atomic mass is 10.2. The molecule has 1 aromatic carbocycles. The number of ether oxygens (including phenoxy) is 3. The maximum absolute atomic E-state index is 11.9. The molecule has 0 spiro atoms. The Morgan fingerprint density at radius 3 is 2.38 bits per heavy atom. The van der Waals surface area contributed by atoms with Gasteiger partial charge in [0.1, 0.15) is 0 Å². The Bertz CT molecular complexity index is 490. The average molecular weight is 296 g/mol. The Morgan fingerprint density at radius 2 is 1.76 bits per heavy atom. The van der Waals surface area contributed by atoms with E-state index >= 15 is 0 Å². The summed E-state index contributed by atoms with van der Waals surface area (Å²) < 4.78 is 15.0. The zero-order valence-corrected chi connectivity index (χ0v) is 12.4. The van der Waals surface area contributed by atoms with Crippen LogP contribution in [0.3, 0.4) is 0 Å². The maximum atomic E-state index is 11.9. The Labute approximate surface area is 123 Å². The Balaban J connectivity index is 2.54. The minimum Gasteiger partial charge on any atom is -0.493 e. The molecule has 7 heteroatoms. The molecule has 0 unspecified atom stereocenters. The number of methoxy groups -OCH3 is 3. The SMILES string of the molecule is COCCNC(=O)CNC(=O)c1ccc(OC)c(OC)c1. The first-order valence-electron chi connectivity index (χ1n) is 6.38. The summed E-state index contributed by atoms with van der Waals surface area (Å²) >= 11 is 0. The van der Waals surface area contributed by atoms with Crippen molar-refractivity contribution in [2.24, 2.45) is 0 Å². The van der Waals surface area contributed by atoms with E-state index in [4.69, 9.17) is 14.2 Å². The average Bonchev–Trinajstić information content (AvgIpc) is 2.52. The van der Waals surface area contributed by atoms with Gasteiger partial charge in [0.15, 0.2) is 11.5 Å². The molecule has 0 atom stereocenters. The molecule has 0 heterocycles. The van der Waals surface area contributed by atoms with Gasteiger partial charge in [-0.05, 0) is 18.2 Å². The number of amides is 2. The molecule has 0 bridgehead atoms. The van der Waals surface area contributed by atoms with Crippen LogP contribution < -0.4 is 20.1 Å². The van der Waals surface area contributed by atoms with Crippen molar-refractivity contribution in [2.75, 3.05) is 41.0 Å². The molecule has 0 aromatic heterocycles. The lowest BCUT2D eigenvalue weighted by molar-refractivity contribution is -0.120. The van der Waals surface area contributed by atoms with Crippen molar-refractivity contribution >= 4 is 11.8 Å². The molecule has 7 nitrogen and oxygen atoms in total. The first kappa shape index (κ1) is 16.8. The van der Waals surface area contributed by atoms with Crippen LogP contribution in [0.15, 0.2) is 18.2 Å². The highest BCUT2D eigenvalue weighted by Gasteiger charge is 2.11. The Hall–Kier alpha value is -2.28. The molecule has 0 saturated heterocycles. The van der Waals surface area contributed by atoms with Crippen molar-refractivity contribution < 1.29 is 23.8 Å². The van der Waals surface area contributed by atoms with Gasteiger partial charge in [-0.1, -0.05) is 0 Å². The van der Waals surface area contributed by atoms with E-state index in [-0.39, 0.29) is 18.4 Å². The second kappa shape index (κ2) is 8.80. The molecule has 0 aliphatic heterocycles. The van der Waals surface area contributed by atoms with Gasteiger partial charge < -0.3 is 24.8 Å². The lowest BCUT2D eigenvalue weighted by Gasteiger charge is -2.10. The zero-order valence-electron chi connectivity index (χ0n) is 12.4. The molecule has 2 N–H and O–H groups in total. The fourth-order valence-electron chi connectivity index (χ4n) is 1.60. The van der Waals surface area contributed by atoms with Gasteiger partial charge in [-0.3, -0.25) is 9.59 Å². The Kier molecular flexibility index (Phi) is 7.03. The molecule has 1 rings (SSSR count). The van der Waals surface area contributed by atoms with E-state index in [0.29, 0.717) is 30.2 Å². The normalized spacial score (nSPS) is 9.86. The summed E-state index contributed by atoms with van der Waals surface area (Å²) in [7, 11) is 4.55. The molecule has 2 amide bonds. The van der Waals surface area contributed by atoms with Crippen LogP contribution in [0.4, 0.5) is 0 Å². The molecule has 21 heavy (non-hydrogen) atoms. The summed E-state index contributed by atoms with van der Waals surface area (Å²) in [6.45, 7) is 0.730. The molecule has 0 aliphatic rings. The summed E-state index contributed by atoms with van der Waals surface area (Å²) in [6.07, 6.45) is 0. The first-order valence-corrected chi connectivity index (χ1v) is 6.38. The van der Waals surface area contributed by atoms with Crippen molar-refractivity contribution in [3.8, 4) is 11.5 Å². The first-order chi connectivity index (χ1) is 10.1. The van der Waals surface area contributed by atoms with Crippen molar-refractivity contribution in [3.63, 3.8) is 0 Å². The smallest absolute Gasteiger partial charge is 0.251 e. The highest BCUT2D eigenvalue weighted by atomic mass is 16.5. The number of rotatable bonds is 8. The van der Waals surface area contributed by atoms with Crippen molar-refractivity contribution in [1.29, 1.82) is 0 Å². The maximum Gasteiger partial charge on any atom is 0.251 e. The quantitative estimate of drug-likeness (QED) is 0.669. The van der Waals surface area contributed by atoms with Crippen molar-refractivity contribution in [1.82, 2.24) is 10.6 Å². The number of hydrogen-bond donors (Lipinski definition) is 2. The fraction of sp³-hybridized carbons (Fsp3) is 0.429. The summed E-state index contributed by atoms with van der Waals surface area (Å²) in [6, 6.07) is 4.78. The summed E-state index contributed by atoms with van der Waals surface area (Å²) in [4.78, 5) is 23.4. The van der Waals surface area contributed by atoms with E-state index in [9.17, 15) is 9.59 Å². The van der Waals surface area contributed by atoms with Gasteiger partial charge in [0.25, 0.3) is 5.91 Å². The van der Waals surface area contributed by atoms with E-state index in [1.54, 1.807) is 25.3 Å². The third-order valence-corrected chi connectivity index (χ3v) is 2.68. The summed E-state index contributed by atoms with van der Waals surface area (Å²) in [5.41, 5.74) is 0.386. The third kappa shape index (κ3) is 5.31. The molecule has 0 radical (unpaired) electrons. The number of hydrogen-bond acceptors (Lipinski definition) is 5. The van der Waals surface area contributed by atoms with Crippen molar-refractivity contribution in [2.45, 2.75) is 0 Å². The predicted octanol–water partition coefficient (Wildman–Crippen LogP) is 0.196. The van der Waals surface area contributed by atoms with Crippen LogP contribution in [0.25, 0.3) is 0 Å². The van der Waals surface area contributed by atoms with Crippen LogP contribution in [-0.4, -0.2) is 52.8 Å². The number of benzene rings is 1. The third-order valence-electron chi connectivity index (χ3n) is 2.68. The van der Waals surface area contributed by atoms with Crippen LogP contribution in [0.1, 0.15) is 10.4 Å². The van der Waals surface area contributed by atoms with Crippen LogP contribution in [0.5, 0.6) is 11.5 Å². The molecule has 1 aromatic rings. The topological polar surface area (TPSA) is 85.9 Å². The monoisotopic (exact) mass is 296 g/mol. The van der Waals surface area contributed by atoms with Crippen LogP contribution >= 0.6 is 0 Å². The minimum atomic E-state index is -0.363. The van der Waals surface area contributed by atoms with E-state index in [1.165, 1.54) is 14.2 Å². The van der Waals surface area contributed by atoms with E-state index in [2.05, 4.69) is 10.6 Å². The minimum absolute atomic E-state index is 0.100. The molecule has 0 aliphatic carbocycles. The van der Waals surface area contributed by atoms with Crippen LogP contribution in [0.2, 0.25) is 0 Å². The lowest BCUT2D eigenvalue weighted by Crippen LogP contribution is -2.38. The highest BCUT2D eigenvalue weighted by Crippen LogP contribution is 2.27. The van der Waals surface area contributed by atoms with E-state index in [1.807, 2.05) is 0 Å². The predicted molar refractivity (Wildman–Crippen MR) is 76.8 cm³/mol. The number of carbonyl (C=O) groups excluding carboxylic acids is 2. The summed E-state index contributed by atoms with van der Waals surface area (Å²) in [5, 5.41) is 5.13. The molecule has 0 saturated carbocycles. The van der Waals surface area contributed by atoms with Crippen LogP contribution in [-0.2, 0) is 9.53 Å². The highest BCUT2D eigenvalue weighted by molar-refractivity contribution is 5.97. The molecule has 0 fully saturated rings. The standard InChI is InChI=1S/C14H20N2O5/c1-19-7-6-15-13(17)9-16-14(18)10-4-5-11(20-2)12(8-10)21-3/h4-5,8H,6-7,9H2,1-3H3,(H,15,17)(H,16,18). The molecular weight excluding hydrogens is 276 g/mol. The fourth-order valence-corrected chi connectivity index (χ4v) is 1.60. The van der Waals surface area contributed by atoms with Gasteiger partial charge in [-0.15, -0.1) is 0 Å². The van der Waals surface area contributed by atoms with E-state index < -0.39 is 0 Å². The zero-order chi connectivity index (χ0) is 15.7. The van der Waals surface area contributed by atoms with Gasteiger partial charge in [-0.2, -0.15) is 0 Å². The van der Waals surface area contributed by atoms with E-state index in [0.717, 1.165) is 0 Å². The molecule has 116 valence electrons. The molecular formula is C14H20N2O5. The summed E-state index contributed by atoms with van der Waals surface area (Å²) in [5.74, 6) is 0.347. The second-order valence-electron chi connectivity index (χ2n) is 4.10. The Morgan fingerprint density at radius 1 is 1.05 bits per heavy atom. The van der Waals surface area contributed by atoms with Gasteiger partial charge in [0.05, 0.1) is 27.4 Å². The van der Waals surface area contributed by atoms with Gasteiger partial charge in [0.2, 0.25) is 5.91 Å². The van der Waals surface area contributed by atoms with Crippen LogP contribution in [0, 0.1) is 0 Å². The van der Waals surface area contributed by atoms with Gasteiger partial charge in [0, 0.05) is 19.2 Å².